The summed E-state index contributed by atoms with van der Waals surface area (Å²) in [5.41, 5.74) is 2.78. The molecule has 33 heavy (non-hydrogen) atoms. The molecule has 1 aliphatic rings. The zero-order chi connectivity index (χ0) is 23.2. The summed E-state index contributed by atoms with van der Waals surface area (Å²) in [6.45, 7) is 4.06. The fourth-order valence-corrected chi connectivity index (χ4v) is 5.24. The molecule has 3 aromatic rings. The van der Waals surface area contributed by atoms with Crippen LogP contribution in [0.5, 0.6) is 0 Å². The maximum absolute atomic E-state index is 13.1. The van der Waals surface area contributed by atoms with E-state index in [1.807, 2.05) is 36.4 Å². The number of anilines is 1. The number of carbonyl (C=O) groups excluding carboxylic acids is 1. The van der Waals surface area contributed by atoms with Gasteiger partial charge in [-0.3, -0.25) is 4.90 Å². The van der Waals surface area contributed by atoms with Crippen LogP contribution in [0.15, 0.2) is 60.7 Å². The molecule has 1 saturated heterocycles. The minimum Gasteiger partial charge on any atom is -0.465 e. The fourth-order valence-electron chi connectivity index (χ4n) is 3.81. The van der Waals surface area contributed by atoms with E-state index in [0.29, 0.717) is 15.7 Å². The third-order valence-electron chi connectivity index (χ3n) is 5.61. The lowest BCUT2D eigenvalue weighted by Crippen LogP contribution is -2.49. The van der Waals surface area contributed by atoms with Crippen LogP contribution < -0.4 is 5.32 Å². The van der Waals surface area contributed by atoms with Gasteiger partial charge in [0, 0.05) is 44.0 Å². The number of methoxy groups -OCH3 is 1. The van der Waals surface area contributed by atoms with Crippen LogP contribution in [0, 0.1) is 5.82 Å². The van der Waals surface area contributed by atoms with E-state index in [-0.39, 0.29) is 11.8 Å². The summed E-state index contributed by atoms with van der Waals surface area (Å²) in [5, 5.41) is 4.61. The summed E-state index contributed by atoms with van der Waals surface area (Å²) in [6, 6.07) is 18.7. The van der Waals surface area contributed by atoms with Crippen molar-refractivity contribution >= 4 is 39.6 Å². The number of benzene rings is 2. The van der Waals surface area contributed by atoms with Crippen molar-refractivity contribution in [2.75, 3.05) is 38.6 Å². The van der Waals surface area contributed by atoms with E-state index in [1.165, 1.54) is 36.1 Å². The summed E-state index contributed by atoms with van der Waals surface area (Å²) in [4.78, 5) is 17.9. The molecule has 8 heteroatoms. The third-order valence-corrected chi connectivity index (χ3v) is 7.02. The molecule has 0 saturated carbocycles. The van der Waals surface area contributed by atoms with Gasteiger partial charge in [0.1, 0.15) is 10.8 Å². The van der Waals surface area contributed by atoms with Crippen molar-refractivity contribution in [3.8, 4) is 0 Å². The second-order valence-electron chi connectivity index (χ2n) is 7.93. The highest BCUT2D eigenvalue weighted by molar-refractivity contribution is 7.80. The number of rotatable bonds is 6. The van der Waals surface area contributed by atoms with Gasteiger partial charge in [0.25, 0.3) is 0 Å². The Kier molecular flexibility index (Phi) is 7.69. The Morgan fingerprint density at radius 3 is 2.42 bits per heavy atom. The van der Waals surface area contributed by atoms with Gasteiger partial charge in [-0.15, -0.1) is 11.3 Å². The van der Waals surface area contributed by atoms with Crippen LogP contribution in [-0.4, -0.2) is 54.2 Å². The molecule has 5 nitrogen and oxygen atoms in total. The quantitative estimate of drug-likeness (QED) is 0.402. The molecule has 0 spiro atoms. The highest BCUT2D eigenvalue weighted by Crippen LogP contribution is 2.31. The normalized spacial score (nSPS) is 14.2. The minimum absolute atomic E-state index is 0.216. The summed E-state index contributed by atoms with van der Waals surface area (Å²) < 4.78 is 18.1. The summed E-state index contributed by atoms with van der Waals surface area (Å²) >= 11 is 7.20. The number of carbonyl (C=O) groups is 1. The third kappa shape index (κ3) is 6.16. The monoisotopic (exact) mass is 483 g/mol. The van der Waals surface area contributed by atoms with Crippen molar-refractivity contribution in [3.05, 3.63) is 88.0 Å². The number of hydrogen-bond acceptors (Lipinski definition) is 5. The summed E-state index contributed by atoms with van der Waals surface area (Å²) in [6.07, 6.45) is 0.742. The van der Waals surface area contributed by atoms with Crippen LogP contribution in [0.3, 0.4) is 0 Å². The average Bonchev–Trinajstić information content (AvgIpc) is 3.23. The minimum atomic E-state index is -0.375. The van der Waals surface area contributed by atoms with Gasteiger partial charge in [0.2, 0.25) is 0 Å². The number of piperazine rings is 1. The van der Waals surface area contributed by atoms with Crippen LogP contribution in [0.4, 0.5) is 9.39 Å². The van der Waals surface area contributed by atoms with Gasteiger partial charge in [0.05, 0.1) is 12.7 Å². The first-order valence-electron chi connectivity index (χ1n) is 10.8. The number of nitrogens with one attached hydrogen (secondary N) is 1. The SMILES string of the molecule is COC(=O)c1cc(Cc2ccccc2)sc1NC(=S)N1CCN(Cc2ccc(F)cc2)CC1. The van der Waals surface area contributed by atoms with Crippen molar-refractivity contribution in [2.45, 2.75) is 13.0 Å². The van der Waals surface area contributed by atoms with Crippen LogP contribution in [0.2, 0.25) is 0 Å². The molecule has 0 radical (unpaired) electrons. The van der Waals surface area contributed by atoms with E-state index >= 15 is 0 Å². The van der Waals surface area contributed by atoms with E-state index in [2.05, 4.69) is 27.2 Å². The highest BCUT2D eigenvalue weighted by atomic mass is 32.1. The number of thiocarbonyl (C=S) groups is 1. The van der Waals surface area contributed by atoms with Gasteiger partial charge in [-0.25, -0.2) is 9.18 Å². The molecule has 2 aromatic carbocycles. The molecule has 0 unspecified atom stereocenters. The summed E-state index contributed by atoms with van der Waals surface area (Å²) in [7, 11) is 1.39. The molecule has 1 aromatic heterocycles. The molecule has 0 bridgehead atoms. The van der Waals surface area contributed by atoms with Gasteiger partial charge in [-0.2, -0.15) is 0 Å². The number of ether oxygens (including phenoxy) is 1. The Labute approximate surface area is 202 Å². The number of esters is 1. The average molecular weight is 484 g/mol. The van der Waals surface area contributed by atoms with Gasteiger partial charge in [-0.1, -0.05) is 42.5 Å². The maximum Gasteiger partial charge on any atom is 0.340 e. The predicted molar refractivity (Wildman–Crippen MR) is 134 cm³/mol. The van der Waals surface area contributed by atoms with Gasteiger partial charge >= 0.3 is 5.97 Å². The van der Waals surface area contributed by atoms with E-state index in [4.69, 9.17) is 17.0 Å². The molecule has 1 aliphatic heterocycles. The van der Waals surface area contributed by atoms with Crippen molar-refractivity contribution in [3.63, 3.8) is 0 Å². The molecule has 172 valence electrons. The van der Waals surface area contributed by atoms with Gasteiger partial charge < -0.3 is 15.0 Å². The van der Waals surface area contributed by atoms with E-state index < -0.39 is 0 Å². The standard InChI is InChI=1S/C25H26FN3O2S2/c1-31-24(30)22-16-21(15-18-5-3-2-4-6-18)33-23(22)27-25(32)29-13-11-28(12-14-29)17-19-7-9-20(26)10-8-19/h2-10,16H,11-15,17H2,1H3,(H,27,32). The first kappa shape index (κ1) is 23.4. The second kappa shape index (κ2) is 10.9. The number of nitrogens with zero attached hydrogens (tertiary/aromatic N) is 2. The Bertz CT molecular complexity index is 1090. The molecule has 1 fully saturated rings. The topological polar surface area (TPSA) is 44.8 Å². The van der Waals surface area contributed by atoms with Crippen molar-refractivity contribution in [1.29, 1.82) is 0 Å². The Morgan fingerprint density at radius 1 is 1.06 bits per heavy atom. The zero-order valence-electron chi connectivity index (χ0n) is 18.4. The predicted octanol–water partition coefficient (Wildman–Crippen LogP) is 4.78. The molecular weight excluding hydrogens is 457 g/mol. The number of thiophene rings is 1. The molecule has 0 atom stereocenters. The number of hydrogen-bond donors (Lipinski definition) is 1. The summed E-state index contributed by atoms with van der Waals surface area (Å²) in [5.74, 6) is -0.591. The zero-order valence-corrected chi connectivity index (χ0v) is 20.1. The molecule has 4 rings (SSSR count). The van der Waals surface area contributed by atoms with Crippen molar-refractivity contribution < 1.29 is 13.9 Å². The lowest BCUT2D eigenvalue weighted by molar-refractivity contribution is 0.0602. The largest absolute Gasteiger partial charge is 0.465 e. The Balaban J connectivity index is 1.37. The van der Waals surface area contributed by atoms with E-state index in [0.717, 1.165) is 49.6 Å². The van der Waals surface area contributed by atoms with Crippen LogP contribution in [0.25, 0.3) is 0 Å². The Morgan fingerprint density at radius 2 is 1.76 bits per heavy atom. The van der Waals surface area contributed by atoms with E-state index in [9.17, 15) is 9.18 Å². The van der Waals surface area contributed by atoms with Gasteiger partial charge in [-0.05, 0) is 41.5 Å². The highest BCUT2D eigenvalue weighted by Gasteiger charge is 2.22. The van der Waals surface area contributed by atoms with Crippen LogP contribution in [-0.2, 0) is 17.7 Å². The first-order valence-corrected chi connectivity index (χ1v) is 12.0. The van der Waals surface area contributed by atoms with E-state index in [1.54, 1.807) is 0 Å². The van der Waals surface area contributed by atoms with Crippen molar-refractivity contribution in [2.24, 2.45) is 0 Å². The Hall–Kier alpha value is -2.81. The first-order chi connectivity index (χ1) is 16.0. The van der Waals surface area contributed by atoms with Crippen molar-refractivity contribution in [1.82, 2.24) is 9.80 Å². The maximum atomic E-state index is 13.1. The number of halogens is 1. The second-order valence-corrected chi connectivity index (χ2v) is 9.45. The molecule has 0 amide bonds. The lowest BCUT2D eigenvalue weighted by Gasteiger charge is -2.36. The molecule has 0 aliphatic carbocycles. The molecular formula is C25H26FN3O2S2. The van der Waals surface area contributed by atoms with Gasteiger partial charge in [0.15, 0.2) is 5.11 Å². The molecule has 1 N–H and O–H groups in total. The fraction of sp³-hybridized carbons (Fsp3) is 0.280. The lowest BCUT2D eigenvalue weighted by atomic mass is 10.1. The van der Waals surface area contributed by atoms with Crippen LogP contribution >= 0.6 is 23.6 Å². The molecule has 2 heterocycles. The van der Waals surface area contributed by atoms with Crippen LogP contribution in [0.1, 0.15) is 26.4 Å². The smallest absolute Gasteiger partial charge is 0.340 e.